The van der Waals surface area contributed by atoms with Crippen molar-refractivity contribution in [2.45, 2.75) is 13.0 Å². The second-order valence-electron chi connectivity index (χ2n) is 8.94. The Kier molecular flexibility index (Phi) is 5.46. The van der Waals surface area contributed by atoms with Crippen molar-refractivity contribution >= 4 is 23.2 Å². The zero-order chi connectivity index (χ0) is 22.2. The minimum atomic E-state index is -0.612. The summed E-state index contributed by atoms with van der Waals surface area (Å²) in [6.45, 7) is 7.16. The van der Waals surface area contributed by atoms with Gasteiger partial charge in [0, 0.05) is 69.2 Å². The van der Waals surface area contributed by atoms with Crippen molar-refractivity contribution in [1.29, 1.82) is 0 Å². The average Bonchev–Trinajstić information content (AvgIpc) is 3.40. The highest BCUT2D eigenvalue weighted by Crippen LogP contribution is 2.28. The van der Waals surface area contributed by atoms with Crippen LogP contribution in [0.5, 0.6) is 0 Å². The number of benzene rings is 2. The van der Waals surface area contributed by atoms with Crippen LogP contribution in [-0.4, -0.2) is 62.5 Å². The summed E-state index contributed by atoms with van der Waals surface area (Å²) in [5.41, 5.74) is 9.05. The number of rotatable bonds is 5. The lowest BCUT2D eigenvalue weighted by atomic mass is 10.1. The normalized spacial score (nSPS) is 21.0. The first kappa shape index (κ1) is 20.8. The molecule has 2 aromatic rings. The van der Waals surface area contributed by atoms with Crippen molar-refractivity contribution in [3.63, 3.8) is 0 Å². The van der Waals surface area contributed by atoms with Gasteiger partial charge >= 0.3 is 0 Å². The third-order valence-corrected chi connectivity index (χ3v) is 6.89. The minimum Gasteiger partial charge on any atom is -0.369 e. The number of nitrogens with one attached hydrogen (secondary N) is 1. The largest absolute Gasteiger partial charge is 0.369 e. The molecule has 7 nitrogen and oxygen atoms in total. The van der Waals surface area contributed by atoms with E-state index in [1.54, 1.807) is 12.1 Å². The number of carbonyl (C=O) groups excluding carboxylic acids is 2. The third-order valence-electron chi connectivity index (χ3n) is 6.89. The van der Waals surface area contributed by atoms with Gasteiger partial charge in [-0.1, -0.05) is 0 Å². The van der Waals surface area contributed by atoms with E-state index in [0.717, 1.165) is 63.4 Å². The molecule has 0 aromatic heterocycles. The van der Waals surface area contributed by atoms with Gasteiger partial charge < -0.3 is 20.9 Å². The molecule has 168 valence electrons. The van der Waals surface area contributed by atoms with Gasteiger partial charge in [0.25, 0.3) is 5.91 Å². The van der Waals surface area contributed by atoms with E-state index >= 15 is 0 Å². The van der Waals surface area contributed by atoms with Crippen molar-refractivity contribution in [3.8, 4) is 0 Å². The van der Waals surface area contributed by atoms with Gasteiger partial charge in [-0.3, -0.25) is 14.5 Å². The predicted octanol–water partition coefficient (Wildman–Crippen LogP) is 1.82. The van der Waals surface area contributed by atoms with Crippen molar-refractivity contribution in [1.82, 2.24) is 10.2 Å². The van der Waals surface area contributed by atoms with Crippen LogP contribution in [-0.2, 0) is 6.54 Å². The first-order chi connectivity index (χ1) is 15.5. The number of carbonyl (C=O) groups is 2. The lowest BCUT2D eigenvalue weighted by molar-refractivity contribution is 0.0964. The Morgan fingerprint density at radius 3 is 2.62 bits per heavy atom. The van der Waals surface area contributed by atoms with Gasteiger partial charge in [0.15, 0.2) is 0 Å². The molecule has 1 atom stereocenters. The summed E-state index contributed by atoms with van der Waals surface area (Å²) in [7, 11) is 0. The Morgan fingerprint density at radius 1 is 1.06 bits per heavy atom. The van der Waals surface area contributed by atoms with Crippen LogP contribution >= 0.6 is 0 Å². The number of halogens is 1. The fraction of sp³-hybridized carbons (Fsp3) is 0.417. The number of amides is 2. The fourth-order valence-corrected chi connectivity index (χ4v) is 5.09. The summed E-state index contributed by atoms with van der Waals surface area (Å²) in [6, 6.07) is 10.6. The number of piperazine rings is 1. The molecule has 2 saturated heterocycles. The molecule has 2 amide bonds. The van der Waals surface area contributed by atoms with E-state index < -0.39 is 5.91 Å². The molecule has 3 heterocycles. The van der Waals surface area contributed by atoms with Gasteiger partial charge in [0.05, 0.1) is 5.69 Å². The van der Waals surface area contributed by atoms with Crippen LogP contribution in [0.25, 0.3) is 0 Å². The predicted molar refractivity (Wildman–Crippen MR) is 122 cm³/mol. The second kappa shape index (κ2) is 8.43. The summed E-state index contributed by atoms with van der Waals surface area (Å²) < 4.78 is 14.5. The van der Waals surface area contributed by atoms with E-state index in [2.05, 4.69) is 26.1 Å². The molecular formula is C24H28FN5O2. The first-order valence-corrected chi connectivity index (χ1v) is 11.2. The Labute approximate surface area is 187 Å². The molecule has 1 unspecified atom stereocenters. The highest BCUT2D eigenvalue weighted by molar-refractivity contribution is 5.98. The van der Waals surface area contributed by atoms with Crippen LogP contribution in [0.15, 0.2) is 36.4 Å². The Hall–Kier alpha value is -3.13. The van der Waals surface area contributed by atoms with Gasteiger partial charge in [-0.2, -0.15) is 0 Å². The van der Waals surface area contributed by atoms with E-state index in [-0.39, 0.29) is 17.3 Å². The first-order valence-electron chi connectivity index (χ1n) is 11.2. The molecule has 0 spiro atoms. The monoisotopic (exact) mass is 437 g/mol. The number of hydrogen-bond donors (Lipinski definition) is 2. The summed E-state index contributed by atoms with van der Waals surface area (Å²) >= 11 is 0. The van der Waals surface area contributed by atoms with E-state index in [4.69, 9.17) is 5.73 Å². The molecule has 32 heavy (non-hydrogen) atoms. The standard InChI is InChI=1S/C24H28FN5O2/c25-21-12-17(23(26)31)1-4-22(21)30-6-5-16(15-30)14-28-7-9-29(10-8-28)19-2-3-20-18(11-19)13-27-24(20)32/h1-4,11-12,16H,5-10,13-15H2,(H2,26,31)(H,27,32). The fourth-order valence-electron chi connectivity index (χ4n) is 5.09. The molecule has 8 heteroatoms. The Balaban J connectivity index is 1.14. The zero-order valence-electron chi connectivity index (χ0n) is 18.0. The van der Waals surface area contributed by atoms with E-state index in [1.165, 1.54) is 11.8 Å². The smallest absolute Gasteiger partial charge is 0.251 e. The molecule has 0 bridgehead atoms. The maximum absolute atomic E-state index is 14.5. The molecule has 3 aliphatic rings. The second-order valence-corrected chi connectivity index (χ2v) is 8.94. The quantitative estimate of drug-likeness (QED) is 0.746. The van der Waals surface area contributed by atoms with Crippen molar-refractivity contribution in [2.75, 3.05) is 55.6 Å². The number of fused-ring (bicyclic) bond motifs is 1. The molecule has 3 N–H and O–H groups in total. The Bertz CT molecular complexity index is 1050. The molecule has 0 saturated carbocycles. The van der Waals surface area contributed by atoms with E-state index in [1.807, 2.05) is 12.1 Å². The van der Waals surface area contributed by atoms with Gasteiger partial charge in [0.1, 0.15) is 5.82 Å². The van der Waals surface area contributed by atoms with E-state index in [0.29, 0.717) is 18.2 Å². The number of primary amides is 1. The van der Waals surface area contributed by atoms with Crippen LogP contribution in [0.2, 0.25) is 0 Å². The maximum Gasteiger partial charge on any atom is 0.251 e. The average molecular weight is 438 g/mol. The van der Waals surface area contributed by atoms with Crippen LogP contribution in [0, 0.1) is 11.7 Å². The minimum absolute atomic E-state index is 0.0191. The molecule has 3 aliphatic heterocycles. The molecule has 2 fully saturated rings. The molecule has 0 aliphatic carbocycles. The SMILES string of the molecule is NC(=O)c1ccc(N2CCC(CN3CCN(c4ccc5c(c4)CNC5=O)CC3)C2)c(F)c1. The molecule has 0 radical (unpaired) electrons. The summed E-state index contributed by atoms with van der Waals surface area (Å²) in [5, 5.41) is 2.88. The molecule has 2 aromatic carbocycles. The lowest BCUT2D eigenvalue weighted by Gasteiger charge is -2.37. The van der Waals surface area contributed by atoms with Crippen molar-refractivity contribution in [3.05, 3.63) is 58.9 Å². The number of hydrogen-bond acceptors (Lipinski definition) is 5. The third kappa shape index (κ3) is 4.02. The number of nitrogens with two attached hydrogens (primary N) is 1. The molecule has 5 rings (SSSR count). The highest BCUT2D eigenvalue weighted by atomic mass is 19.1. The summed E-state index contributed by atoms with van der Waals surface area (Å²) in [4.78, 5) is 30.0. The van der Waals surface area contributed by atoms with Gasteiger partial charge in [0.2, 0.25) is 5.91 Å². The molecular weight excluding hydrogens is 409 g/mol. The van der Waals surface area contributed by atoms with Crippen molar-refractivity contribution in [2.24, 2.45) is 11.7 Å². The van der Waals surface area contributed by atoms with Crippen LogP contribution in [0.3, 0.4) is 0 Å². The van der Waals surface area contributed by atoms with Crippen LogP contribution in [0.4, 0.5) is 15.8 Å². The highest BCUT2D eigenvalue weighted by Gasteiger charge is 2.28. The summed E-state index contributed by atoms with van der Waals surface area (Å²) in [5.74, 6) is -0.486. The number of nitrogens with zero attached hydrogens (tertiary/aromatic N) is 3. The van der Waals surface area contributed by atoms with Gasteiger partial charge in [-0.25, -0.2) is 4.39 Å². The van der Waals surface area contributed by atoms with Gasteiger partial charge in [-0.15, -0.1) is 0 Å². The number of anilines is 2. The lowest BCUT2D eigenvalue weighted by Crippen LogP contribution is -2.48. The van der Waals surface area contributed by atoms with Gasteiger partial charge in [-0.05, 0) is 54.3 Å². The zero-order valence-corrected chi connectivity index (χ0v) is 18.0. The van der Waals surface area contributed by atoms with E-state index in [9.17, 15) is 14.0 Å². The maximum atomic E-state index is 14.5. The van der Waals surface area contributed by atoms with Crippen LogP contribution < -0.4 is 20.9 Å². The topological polar surface area (TPSA) is 81.9 Å². The van der Waals surface area contributed by atoms with Crippen molar-refractivity contribution < 1.29 is 14.0 Å². The van der Waals surface area contributed by atoms with Crippen LogP contribution in [0.1, 0.15) is 32.7 Å². The Morgan fingerprint density at radius 2 is 1.88 bits per heavy atom. The summed E-state index contributed by atoms with van der Waals surface area (Å²) in [6.07, 6.45) is 1.03.